The van der Waals surface area contributed by atoms with Crippen LogP contribution < -0.4 is 10.6 Å². The van der Waals surface area contributed by atoms with Crippen molar-refractivity contribution in [2.45, 2.75) is 33.6 Å². The number of rotatable bonds is 10. The predicted molar refractivity (Wildman–Crippen MR) is 87.3 cm³/mol. The van der Waals surface area contributed by atoms with Crippen LogP contribution in [0.15, 0.2) is 18.3 Å². The van der Waals surface area contributed by atoms with E-state index in [1.807, 2.05) is 12.3 Å². The first-order chi connectivity index (χ1) is 9.76. The van der Waals surface area contributed by atoms with E-state index in [0.717, 1.165) is 45.0 Å². The Morgan fingerprint density at radius 2 is 1.85 bits per heavy atom. The Bertz CT molecular complexity index is 363. The summed E-state index contributed by atoms with van der Waals surface area (Å²) in [5, 5.41) is 0. The van der Waals surface area contributed by atoms with Gasteiger partial charge >= 0.3 is 0 Å². The maximum Gasteiger partial charge on any atom is 0.131 e. The molecule has 2 N–H and O–H groups in total. The summed E-state index contributed by atoms with van der Waals surface area (Å²) in [6.07, 6.45) is 3.95. The van der Waals surface area contributed by atoms with Crippen molar-refractivity contribution in [3.05, 3.63) is 23.9 Å². The Labute approximate surface area is 124 Å². The van der Waals surface area contributed by atoms with Crippen LogP contribution in [0.2, 0.25) is 0 Å². The van der Waals surface area contributed by atoms with Crippen molar-refractivity contribution < 1.29 is 0 Å². The summed E-state index contributed by atoms with van der Waals surface area (Å²) < 4.78 is 0. The van der Waals surface area contributed by atoms with E-state index in [1.54, 1.807) is 0 Å². The molecular weight excluding hydrogens is 248 g/mol. The molecule has 0 spiro atoms. The molecule has 0 amide bonds. The van der Waals surface area contributed by atoms with Gasteiger partial charge in [-0.15, -0.1) is 0 Å². The van der Waals surface area contributed by atoms with Crippen molar-refractivity contribution in [3.8, 4) is 0 Å². The average molecular weight is 278 g/mol. The van der Waals surface area contributed by atoms with E-state index < -0.39 is 0 Å². The minimum Gasteiger partial charge on any atom is -0.357 e. The van der Waals surface area contributed by atoms with Gasteiger partial charge in [-0.2, -0.15) is 0 Å². The number of hydrogen-bond donors (Lipinski definition) is 1. The Morgan fingerprint density at radius 3 is 2.45 bits per heavy atom. The standard InChI is InChI=1S/C16H30N4/c1-4-19(5-2)13-8-14-20(6-3)16-15(10-11-17)9-7-12-18-16/h7,9,12H,4-6,8,10-11,13-14,17H2,1-3H3. The van der Waals surface area contributed by atoms with Crippen molar-refractivity contribution >= 4 is 5.82 Å². The molecule has 1 heterocycles. The van der Waals surface area contributed by atoms with Gasteiger partial charge in [0.05, 0.1) is 0 Å². The van der Waals surface area contributed by atoms with Crippen LogP contribution in [0.25, 0.3) is 0 Å². The zero-order valence-corrected chi connectivity index (χ0v) is 13.3. The zero-order chi connectivity index (χ0) is 14.8. The summed E-state index contributed by atoms with van der Waals surface area (Å²) in [4.78, 5) is 9.40. The summed E-state index contributed by atoms with van der Waals surface area (Å²) in [5.74, 6) is 1.11. The van der Waals surface area contributed by atoms with Gasteiger partial charge in [-0.05, 0) is 57.6 Å². The lowest BCUT2D eigenvalue weighted by Gasteiger charge is -2.26. The summed E-state index contributed by atoms with van der Waals surface area (Å²) in [6, 6.07) is 4.14. The van der Waals surface area contributed by atoms with Crippen molar-refractivity contribution in [1.29, 1.82) is 0 Å². The lowest BCUT2D eigenvalue weighted by Crippen LogP contribution is -2.31. The second-order valence-electron chi connectivity index (χ2n) is 4.98. The number of pyridine rings is 1. The Kier molecular flexibility index (Phi) is 8.23. The number of aromatic nitrogens is 1. The summed E-state index contributed by atoms with van der Waals surface area (Å²) >= 11 is 0. The third-order valence-corrected chi connectivity index (χ3v) is 3.76. The molecule has 1 aromatic heterocycles. The van der Waals surface area contributed by atoms with Crippen LogP contribution in [0, 0.1) is 0 Å². The molecular formula is C16H30N4. The van der Waals surface area contributed by atoms with Crippen LogP contribution in [-0.2, 0) is 6.42 Å². The highest BCUT2D eigenvalue weighted by atomic mass is 15.2. The SMILES string of the molecule is CCN(CC)CCCN(CC)c1ncccc1CCN. The van der Waals surface area contributed by atoms with E-state index >= 15 is 0 Å². The van der Waals surface area contributed by atoms with Crippen LogP contribution in [0.1, 0.15) is 32.8 Å². The molecule has 20 heavy (non-hydrogen) atoms. The number of anilines is 1. The van der Waals surface area contributed by atoms with E-state index in [0.29, 0.717) is 6.54 Å². The first-order valence-corrected chi connectivity index (χ1v) is 7.88. The van der Waals surface area contributed by atoms with Gasteiger partial charge in [0.2, 0.25) is 0 Å². The van der Waals surface area contributed by atoms with Gasteiger partial charge in [0.15, 0.2) is 0 Å². The van der Waals surface area contributed by atoms with Crippen LogP contribution in [0.4, 0.5) is 5.82 Å². The van der Waals surface area contributed by atoms with E-state index in [-0.39, 0.29) is 0 Å². The molecule has 0 unspecified atom stereocenters. The zero-order valence-electron chi connectivity index (χ0n) is 13.3. The van der Waals surface area contributed by atoms with Crippen molar-refractivity contribution in [2.24, 2.45) is 5.73 Å². The summed E-state index contributed by atoms with van der Waals surface area (Å²) in [5.41, 5.74) is 6.96. The quantitative estimate of drug-likeness (QED) is 0.712. The molecule has 0 aromatic carbocycles. The number of nitrogens with two attached hydrogens (primary N) is 1. The van der Waals surface area contributed by atoms with Gasteiger partial charge in [-0.25, -0.2) is 4.98 Å². The Morgan fingerprint density at radius 1 is 1.10 bits per heavy atom. The molecule has 0 saturated heterocycles. The fourth-order valence-corrected chi connectivity index (χ4v) is 2.50. The Hall–Kier alpha value is -1.13. The lowest BCUT2D eigenvalue weighted by molar-refractivity contribution is 0.300. The van der Waals surface area contributed by atoms with Crippen LogP contribution in [0.5, 0.6) is 0 Å². The van der Waals surface area contributed by atoms with Gasteiger partial charge in [-0.3, -0.25) is 0 Å². The second kappa shape index (κ2) is 9.72. The van der Waals surface area contributed by atoms with Crippen LogP contribution in [0.3, 0.4) is 0 Å². The minimum atomic E-state index is 0.676. The highest BCUT2D eigenvalue weighted by Crippen LogP contribution is 2.17. The molecule has 4 heteroatoms. The minimum absolute atomic E-state index is 0.676. The fraction of sp³-hybridized carbons (Fsp3) is 0.688. The first-order valence-electron chi connectivity index (χ1n) is 7.88. The summed E-state index contributed by atoms with van der Waals surface area (Å²) in [7, 11) is 0. The second-order valence-corrected chi connectivity index (χ2v) is 4.98. The molecule has 0 atom stereocenters. The van der Waals surface area contributed by atoms with E-state index in [2.05, 4.69) is 41.6 Å². The molecule has 1 rings (SSSR count). The van der Waals surface area contributed by atoms with E-state index in [9.17, 15) is 0 Å². The predicted octanol–water partition coefficient (Wildman–Crippen LogP) is 2.14. The summed E-state index contributed by atoms with van der Waals surface area (Å²) in [6.45, 7) is 12.8. The van der Waals surface area contributed by atoms with Gasteiger partial charge in [-0.1, -0.05) is 19.9 Å². The highest BCUT2D eigenvalue weighted by Gasteiger charge is 2.10. The Balaban J connectivity index is 2.61. The fourth-order valence-electron chi connectivity index (χ4n) is 2.50. The molecule has 0 aliphatic carbocycles. The van der Waals surface area contributed by atoms with Gasteiger partial charge in [0.1, 0.15) is 5.82 Å². The third kappa shape index (κ3) is 5.10. The molecule has 0 fully saturated rings. The molecule has 4 nitrogen and oxygen atoms in total. The maximum atomic E-state index is 5.69. The van der Waals surface area contributed by atoms with Crippen LogP contribution in [-0.4, -0.2) is 49.2 Å². The number of hydrogen-bond acceptors (Lipinski definition) is 4. The van der Waals surface area contributed by atoms with Gasteiger partial charge in [0.25, 0.3) is 0 Å². The van der Waals surface area contributed by atoms with Crippen molar-refractivity contribution in [2.75, 3.05) is 44.2 Å². The maximum absolute atomic E-state index is 5.69. The van der Waals surface area contributed by atoms with Crippen molar-refractivity contribution in [1.82, 2.24) is 9.88 Å². The van der Waals surface area contributed by atoms with Gasteiger partial charge in [0, 0.05) is 19.3 Å². The smallest absolute Gasteiger partial charge is 0.131 e. The highest BCUT2D eigenvalue weighted by molar-refractivity contribution is 5.46. The topological polar surface area (TPSA) is 45.4 Å². The molecule has 0 aliphatic heterocycles. The van der Waals surface area contributed by atoms with Gasteiger partial charge < -0.3 is 15.5 Å². The van der Waals surface area contributed by atoms with Crippen LogP contribution >= 0.6 is 0 Å². The third-order valence-electron chi connectivity index (χ3n) is 3.76. The first kappa shape index (κ1) is 16.9. The monoisotopic (exact) mass is 278 g/mol. The van der Waals surface area contributed by atoms with E-state index in [1.165, 1.54) is 12.0 Å². The molecule has 0 saturated carbocycles. The average Bonchev–Trinajstić information content (AvgIpc) is 2.49. The molecule has 1 aromatic rings. The molecule has 0 radical (unpaired) electrons. The number of nitrogens with zero attached hydrogens (tertiary/aromatic N) is 3. The molecule has 0 aliphatic rings. The van der Waals surface area contributed by atoms with Crippen molar-refractivity contribution in [3.63, 3.8) is 0 Å². The normalized spacial score (nSPS) is 11.1. The van der Waals surface area contributed by atoms with E-state index in [4.69, 9.17) is 5.73 Å². The lowest BCUT2D eigenvalue weighted by atomic mass is 10.1. The molecule has 0 bridgehead atoms. The largest absolute Gasteiger partial charge is 0.357 e. The molecule has 114 valence electrons.